The van der Waals surface area contributed by atoms with Gasteiger partial charge in [0.15, 0.2) is 5.69 Å². The summed E-state index contributed by atoms with van der Waals surface area (Å²) in [5, 5.41) is 15.1. The van der Waals surface area contributed by atoms with Crippen LogP contribution in [-0.4, -0.2) is 39.0 Å². The highest BCUT2D eigenvalue weighted by Crippen LogP contribution is 2.34. The molecule has 3 rings (SSSR count). The predicted octanol–water partition coefficient (Wildman–Crippen LogP) is 1.96. The van der Waals surface area contributed by atoms with Crippen molar-refractivity contribution in [2.24, 2.45) is 0 Å². The third kappa shape index (κ3) is 2.64. The van der Waals surface area contributed by atoms with Crippen LogP contribution in [0.1, 0.15) is 74.6 Å². The molecule has 122 valence electrons. The number of amides is 1. The molecule has 2 atom stereocenters. The molecular formula is C16H27N5O. The predicted molar refractivity (Wildman–Crippen MR) is 84.8 cm³/mol. The molecule has 0 aromatic carbocycles. The molecule has 6 heteroatoms. The molecule has 22 heavy (non-hydrogen) atoms. The van der Waals surface area contributed by atoms with Crippen molar-refractivity contribution >= 4 is 5.91 Å². The van der Waals surface area contributed by atoms with Gasteiger partial charge in [-0.25, -0.2) is 4.68 Å². The molecule has 1 saturated heterocycles. The van der Waals surface area contributed by atoms with Crippen molar-refractivity contribution in [3.63, 3.8) is 0 Å². The third-order valence-corrected chi connectivity index (χ3v) is 5.24. The van der Waals surface area contributed by atoms with E-state index in [9.17, 15) is 4.79 Å². The molecule has 1 aromatic rings. The SMILES string of the molecule is Cc1c(C(=O)NC23CCCCCC2NCC3)nnn1C(C)C. The zero-order chi connectivity index (χ0) is 15.7. The normalized spacial score (nSPS) is 28.5. The number of rotatable bonds is 3. The van der Waals surface area contributed by atoms with Crippen molar-refractivity contribution in [3.8, 4) is 0 Å². The van der Waals surface area contributed by atoms with Gasteiger partial charge in [0.05, 0.1) is 11.2 Å². The molecule has 1 aliphatic carbocycles. The Hall–Kier alpha value is -1.43. The van der Waals surface area contributed by atoms with Crippen LogP contribution in [0.4, 0.5) is 0 Å². The zero-order valence-electron chi connectivity index (χ0n) is 13.9. The summed E-state index contributed by atoms with van der Waals surface area (Å²) >= 11 is 0. The van der Waals surface area contributed by atoms with Gasteiger partial charge in [0.25, 0.3) is 5.91 Å². The number of carbonyl (C=O) groups excluding carboxylic acids is 1. The Kier molecular flexibility index (Phi) is 4.21. The molecule has 2 unspecified atom stereocenters. The minimum atomic E-state index is -0.0956. The van der Waals surface area contributed by atoms with Gasteiger partial charge < -0.3 is 10.6 Å². The quantitative estimate of drug-likeness (QED) is 0.895. The van der Waals surface area contributed by atoms with Crippen molar-refractivity contribution in [1.29, 1.82) is 0 Å². The van der Waals surface area contributed by atoms with Crippen LogP contribution in [0.2, 0.25) is 0 Å². The second-order valence-electron chi connectivity index (χ2n) is 7.03. The number of nitrogens with one attached hydrogen (secondary N) is 2. The number of nitrogens with zero attached hydrogens (tertiary/aromatic N) is 3. The van der Waals surface area contributed by atoms with Gasteiger partial charge in [-0.1, -0.05) is 24.5 Å². The number of fused-ring (bicyclic) bond motifs is 1. The van der Waals surface area contributed by atoms with E-state index in [0.29, 0.717) is 11.7 Å². The van der Waals surface area contributed by atoms with Gasteiger partial charge in [0.1, 0.15) is 0 Å². The molecule has 0 radical (unpaired) electrons. The van der Waals surface area contributed by atoms with Crippen molar-refractivity contribution in [2.45, 2.75) is 76.9 Å². The van der Waals surface area contributed by atoms with E-state index in [-0.39, 0.29) is 17.5 Å². The van der Waals surface area contributed by atoms with Crippen molar-refractivity contribution in [3.05, 3.63) is 11.4 Å². The summed E-state index contributed by atoms with van der Waals surface area (Å²) in [5.41, 5.74) is 1.22. The molecule has 0 spiro atoms. The minimum Gasteiger partial charge on any atom is -0.344 e. The zero-order valence-corrected chi connectivity index (χ0v) is 13.9. The summed E-state index contributed by atoms with van der Waals surface area (Å²) in [6, 6.07) is 0.616. The standard InChI is InChI=1S/C16H27N5O/c1-11(2)21-12(3)14(19-20-21)15(22)18-16-8-6-4-5-7-13(16)17-10-9-16/h11,13,17H,4-10H2,1-3H3,(H,18,22). The Morgan fingerprint density at radius 1 is 1.36 bits per heavy atom. The molecule has 2 N–H and O–H groups in total. The van der Waals surface area contributed by atoms with Gasteiger partial charge in [-0.3, -0.25) is 4.79 Å². The lowest BCUT2D eigenvalue weighted by Gasteiger charge is -2.34. The van der Waals surface area contributed by atoms with E-state index < -0.39 is 0 Å². The lowest BCUT2D eigenvalue weighted by molar-refractivity contribution is 0.0877. The highest BCUT2D eigenvalue weighted by Gasteiger charge is 2.44. The monoisotopic (exact) mass is 305 g/mol. The highest BCUT2D eigenvalue weighted by molar-refractivity contribution is 5.93. The summed E-state index contributed by atoms with van der Waals surface area (Å²) in [4.78, 5) is 12.8. The van der Waals surface area contributed by atoms with Crippen molar-refractivity contribution in [2.75, 3.05) is 6.54 Å². The lowest BCUT2D eigenvalue weighted by atomic mass is 9.85. The average molecular weight is 305 g/mol. The fraction of sp³-hybridized carbons (Fsp3) is 0.812. The molecule has 1 saturated carbocycles. The lowest BCUT2D eigenvalue weighted by Crippen LogP contribution is -2.55. The molecular weight excluding hydrogens is 278 g/mol. The highest BCUT2D eigenvalue weighted by atomic mass is 16.2. The van der Waals surface area contributed by atoms with Crippen LogP contribution < -0.4 is 10.6 Å². The Morgan fingerprint density at radius 2 is 2.18 bits per heavy atom. The average Bonchev–Trinajstić information content (AvgIpc) is 2.98. The Bertz CT molecular complexity index is 553. The summed E-state index contributed by atoms with van der Waals surface area (Å²) in [6.45, 7) is 7.00. The molecule has 1 aromatic heterocycles. The van der Waals surface area contributed by atoms with Crippen LogP contribution >= 0.6 is 0 Å². The van der Waals surface area contributed by atoms with E-state index in [1.807, 2.05) is 25.5 Å². The number of hydrogen-bond donors (Lipinski definition) is 2. The van der Waals surface area contributed by atoms with E-state index in [1.54, 1.807) is 0 Å². The Labute approximate surface area is 132 Å². The summed E-state index contributed by atoms with van der Waals surface area (Å²) in [5.74, 6) is -0.0694. The van der Waals surface area contributed by atoms with E-state index in [1.165, 1.54) is 19.3 Å². The molecule has 2 heterocycles. The number of hydrogen-bond acceptors (Lipinski definition) is 4. The van der Waals surface area contributed by atoms with Crippen LogP contribution in [0.15, 0.2) is 0 Å². The van der Waals surface area contributed by atoms with Crippen LogP contribution in [-0.2, 0) is 0 Å². The molecule has 1 amide bonds. The molecule has 6 nitrogen and oxygen atoms in total. The van der Waals surface area contributed by atoms with Crippen molar-refractivity contribution < 1.29 is 4.79 Å². The smallest absolute Gasteiger partial charge is 0.274 e. The van der Waals surface area contributed by atoms with Crippen LogP contribution in [0, 0.1) is 6.92 Å². The number of carbonyl (C=O) groups is 1. The maximum atomic E-state index is 12.8. The summed E-state index contributed by atoms with van der Waals surface area (Å²) < 4.78 is 1.81. The fourth-order valence-electron chi connectivity index (χ4n) is 4.02. The van der Waals surface area contributed by atoms with E-state index in [4.69, 9.17) is 0 Å². The maximum absolute atomic E-state index is 12.8. The maximum Gasteiger partial charge on any atom is 0.274 e. The van der Waals surface area contributed by atoms with E-state index in [0.717, 1.165) is 31.5 Å². The molecule has 2 fully saturated rings. The first-order valence-electron chi connectivity index (χ1n) is 8.51. The largest absolute Gasteiger partial charge is 0.344 e. The van der Waals surface area contributed by atoms with Crippen LogP contribution in [0.3, 0.4) is 0 Å². The number of aromatic nitrogens is 3. The third-order valence-electron chi connectivity index (χ3n) is 5.24. The van der Waals surface area contributed by atoms with Gasteiger partial charge in [0, 0.05) is 12.1 Å². The second-order valence-corrected chi connectivity index (χ2v) is 7.03. The Balaban J connectivity index is 1.81. The fourth-order valence-corrected chi connectivity index (χ4v) is 4.02. The topological polar surface area (TPSA) is 71.8 Å². The summed E-state index contributed by atoms with van der Waals surface area (Å²) in [6.07, 6.45) is 6.93. The van der Waals surface area contributed by atoms with E-state index >= 15 is 0 Å². The molecule has 0 bridgehead atoms. The first-order valence-corrected chi connectivity index (χ1v) is 8.51. The first-order chi connectivity index (χ1) is 10.5. The van der Waals surface area contributed by atoms with Crippen LogP contribution in [0.5, 0.6) is 0 Å². The van der Waals surface area contributed by atoms with Crippen molar-refractivity contribution in [1.82, 2.24) is 25.6 Å². The minimum absolute atomic E-state index is 0.0694. The van der Waals surface area contributed by atoms with Gasteiger partial charge in [-0.05, 0) is 46.6 Å². The van der Waals surface area contributed by atoms with E-state index in [2.05, 4.69) is 20.9 Å². The van der Waals surface area contributed by atoms with Crippen LogP contribution in [0.25, 0.3) is 0 Å². The second kappa shape index (κ2) is 5.99. The first kappa shape index (κ1) is 15.5. The van der Waals surface area contributed by atoms with Gasteiger partial charge in [-0.15, -0.1) is 5.10 Å². The van der Waals surface area contributed by atoms with Gasteiger partial charge in [-0.2, -0.15) is 0 Å². The van der Waals surface area contributed by atoms with Gasteiger partial charge in [0.2, 0.25) is 0 Å². The summed E-state index contributed by atoms with van der Waals surface area (Å²) in [7, 11) is 0. The molecule has 1 aliphatic heterocycles. The Morgan fingerprint density at radius 3 is 2.91 bits per heavy atom. The molecule has 2 aliphatic rings. The van der Waals surface area contributed by atoms with Gasteiger partial charge >= 0.3 is 0 Å².